The van der Waals surface area contributed by atoms with Crippen LogP contribution in [0.4, 0.5) is 28.4 Å². The Hall–Kier alpha value is -4.15. The zero-order chi connectivity index (χ0) is 48.3. The summed E-state index contributed by atoms with van der Waals surface area (Å²) in [6.45, 7) is 44.4. The van der Waals surface area contributed by atoms with Gasteiger partial charge in [0, 0.05) is 45.2 Å². The van der Waals surface area contributed by atoms with Crippen molar-refractivity contribution in [1.82, 2.24) is 0 Å². The molecule has 2 nitrogen and oxygen atoms in total. The van der Waals surface area contributed by atoms with E-state index in [0.29, 0.717) is 11.2 Å². The second-order valence-corrected chi connectivity index (χ2v) is 28.5. The van der Waals surface area contributed by atoms with Crippen molar-refractivity contribution in [3.05, 3.63) is 135 Å². The fraction of sp³-hybridized carbons (Fsp3) is 0.492. The molecule has 3 heterocycles. The van der Waals surface area contributed by atoms with Gasteiger partial charge >= 0.3 is 0 Å². The summed E-state index contributed by atoms with van der Waals surface area (Å²) in [5.41, 5.74) is 22.7. The molecule has 2 aliphatic carbocycles. The van der Waals surface area contributed by atoms with Crippen LogP contribution in [0.25, 0.3) is 11.1 Å². The summed E-state index contributed by atoms with van der Waals surface area (Å²) < 4.78 is 0. The molecule has 350 valence electrons. The average molecular weight is 907 g/mol. The molecule has 0 saturated heterocycles. The average Bonchev–Trinajstić information content (AvgIpc) is 3.66. The highest BCUT2D eigenvalue weighted by atomic mass is 32.2. The minimum absolute atomic E-state index is 0.00396. The van der Waals surface area contributed by atoms with Crippen LogP contribution in [0.3, 0.4) is 0 Å². The highest BCUT2D eigenvalue weighted by Gasteiger charge is 2.60. The Bertz CT molecular complexity index is 2850. The number of thioether (sulfide) groups is 1. The first-order chi connectivity index (χ1) is 31.0. The van der Waals surface area contributed by atoms with Gasteiger partial charge in [0.25, 0.3) is 6.71 Å². The zero-order valence-electron chi connectivity index (χ0n) is 44.5. The maximum absolute atomic E-state index is 2.89. The van der Waals surface area contributed by atoms with Crippen LogP contribution in [-0.2, 0) is 27.1 Å². The van der Waals surface area contributed by atoms with E-state index in [-0.39, 0.29) is 44.6 Å². The van der Waals surface area contributed by atoms with Gasteiger partial charge in [-0.25, -0.2) is 0 Å². The molecule has 0 aromatic heterocycles. The maximum atomic E-state index is 2.89. The van der Waals surface area contributed by atoms with E-state index in [1.807, 2.05) is 0 Å². The van der Waals surface area contributed by atoms with Gasteiger partial charge in [0.05, 0.1) is 5.69 Å². The Morgan fingerprint density at radius 1 is 0.582 bits per heavy atom. The van der Waals surface area contributed by atoms with E-state index in [1.54, 1.807) is 16.1 Å². The fourth-order valence-electron chi connectivity index (χ4n) is 13.1. The first-order valence-electron chi connectivity index (χ1n) is 25.7. The molecule has 0 radical (unpaired) electrons. The number of aryl methyl sites for hydroxylation is 1. The largest absolute Gasteiger partial charge is 0.314 e. The number of benzene rings is 5. The van der Waals surface area contributed by atoms with Gasteiger partial charge in [-0.2, -0.15) is 0 Å². The van der Waals surface area contributed by atoms with Gasteiger partial charge in [-0.05, 0) is 156 Å². The summed E-state index contributed by atoms with van der Waals surface area (Å²) in [4.78, 5) is 7.23. The number of allylic oxidation sites excluding steroid dienone is 1. The molecule has 0 amide bonds. The normalized spacial score (nSPS) is 22.2. The topological polar surface area (TPSA) is 6.48 Å². The molecule has 67 heavy (non-hydrogen) atoms. The first kappa shape index (κ1) is 46.6. The summed E-state index contributed by atoms with van der Waals surface area (Å²) in [5.74, 6) is 0.368. The summed E-state index contributed by atoms with van der Waals surface area (Å²) in [5, 5.41) is 0.454. The summed E-state index contributed by atoms with van der Waals surface area (Å²) in [6.07, 6.45) is 4.82. The Morgan fingerprint density at radius 2 is 1.18 bits per heavy atom. The predicted octanol–water partition coefficient (Wildman–Crippen LogP) is 16.8. The maximum Gasteiger partial charge on any atom is 0.259 e. The molecular formula is C63H79BN2S. The quantitative estimate of drug-likeness (QED) is 0.167. The van der Waals surface area contributed by atoms with Crippen LogP contribution in [0.2, 0.25) is 0 Å². The van der Waals surface area contributed by atoms with Crippen molar-refractivity contribution in [1.29, 1.82) is 0 Å². The molecule has 4 heteroatoms. The first-order valence-corrected chi connectivity index (χ1v) is 26.6. The van der Waals surface area contributed by atoms with E-state index in [2.05, 4.69) is 237 Å². The van der Waals surface area contributed by atoms with Gasteiger partial charge in [0.15, 0.2) is 0 Å². The zero-order valence-corrected chi connectivity index (χ0v) is 45.3. The number of rotatable bonds is 3. The number of hydrogen-bond donors (Lipinski definition) is 0. The van der Waals surface area contributed by atoms with E-state index in [0.717, 1.165) is 0 Å². The predicted molar refractivity (Wildman–Crippen MR) is 295 cm³/mol. The van der Waals surface area contributed by atoms with Crippen LogP contribution in [0, 0.1) is 23.7 Å². The number of hydrogen-bond acceptors (Lipinski definition) is 3. The van der Waals surface area contributed by atoms with E-state index >= 15 is 0 Å². The third kappa shape index (κ3) is 7.25. The molecule has 0 bridgehead atoms. The molecular weight excluding hydrogens is 828 g/mol. The molecule has 0 N–H and O–H groups in total. The Labute approximate surface area is 410 Å². The van der Waals surface area contributed by atoms with Crippen LogP contribution in [0.1, 0.15) is 177 Å². The third-order valence-corrected chi connectivity index (χ3v) is 19.2. The van der Waals surface area contributed by atoms with Crippen molar-refractivity contribution < 1.29 is 0 Å². The second-order valence-electron chi connectivity index (χ2n) is 27.3. The lowest BCUT2D eigenvalue weighted by molar-refractivity contribution is 0.0881. The van der Waals surface area contributed by atoms with E-state index < -0.39 is 0 Å². The summed E-state index contributed by atoms with van der Waals surface area (Å²) in [7, 11) is 0. The SMILES string of the molecule is Cc1cc2c3c(c1)N(c1ccc(C(C)(C)C)cc1)c1c(ccc4c1C(C)(C)CCC4(C)C)B3C1=C(C3C(S1)C(C)(C)CCC3(C)C)N2c1cc(C(C)(C)C)cc(C(C)(C)C)c1-c1ccccc1. The molecule has 10 rings (SSSR count). The molecule has 5 aromatic rings. The van der Waals surface area contributed by atoms with Crippen molar-refractivity contribution in [2.24, 2.45) is 16.7 Å². The molecule has 0 spiro atoms. The van der Waals surface area contributed by atoms with Crippen LogP contribution >= 0.6 is 11.8 Å². The monoisotopic (exact) mass is 907 g/mol. The number of anilines is 5. The lowest BCUT2D eigenvalue weighted by Crippen LogP contribution is -2.57. The van der Waals surface area contributed by atoms with Crippen molar-refractivity contribution >= 4 is 57.8 Å². The fourth-order valence-corrected chi connectivity index (χ4v) is 15.1. The molecule has 1 saturated carbocycles. The molecule has 5 aromatic carbocycles. The molecule has 3 aliphatic heterocycles. The van der Waals surface area contributed by atoms with E-state index in [1.165, 1.54) is 104 Å². The van der Waals surface area contributed by atoms with Gasteiger partial charge in [0.1, 0.15) is 0 Å². The Morgan fingerprint density at radius 3 is 1.79 bits per heavy atom. The van der Waals surface area contributed by atoms with Crippen molar-refractivity contribution in [2.45, 2.75) is 183 Å². The molecule has 2 atom stereocenters. The highest BCUT2D eigenvalue weighted by Crippen LogP contribution is 2.66. The Balaban J connectivity index is 1.39. The van der Waals surface area contributed by atoms with Gasteiger partial charge in [-0.3, -0.25) is 0 Å². The van der Waals surface area contributed by atoms with Crippen LogP contribution in [0.15, 0.2) is 101 Å². The van der Waals surface area contributed by atoms with Crippen molar-refractivity contribution in [2.75, 3.05) is 9.80 Å². The third-order valence-electron chi connectivity index (χ3n) is 17.3. The summed E-state index contributed by atoms with van der Waals surface area (Å²) >= 11 is 2.27. The van der Waals surface area contributed by atoms with Gasteiger partial charge in [0.2, 0.25) is 0 Å². The smallest absolute Gasteiger partial charge is 0.259 e. The lowest BCUT2D eigenvalue weighted by Gasteiger charge is -2.52. The van der Waals surface area contributed by atoms with Gasteiger partial charge < -0.3 is 9.80 Å². The van der Waals surface area contributed by atoms with Crippen LogP contribution < -0.4 is 20.7 Å². The van der Waals surface area contributed by atoms with E-state index in [4.69, 9.17) is 0 Å². The molecule has 5 aliphatic rings. The minimum Gasteiger partial charge on any atom is -0.314 e. The van der Waals surface area contributed by atoms with E-state index in [9.17, 15) is 0 Å². The molecule has 1 fully saturated rings. The van der Waals surface area contributed by atoms with Gasteiger partial charge in [-0.15, -0.1) is 11.8 Å². The number of fused-ring (bicyclic) bond motifs is 7. The van der Waals surface area contributed by atoms with Crippen molar-refractivity contribution in [3.63, 3.8) is 0 Å². The summed E-state index contributed by atoms with van der Waals surface area (Å²) in [6, 6.07) is 36.6. The van der Waals surface area contributed by atoms with Gasteiger partial charge in [-0.1, -0.05) is 178 Å². The Kier molecular flexibility index (Phi) is 10.4. The standard InChI is InChI=1S/C63H79BN2S/c1-38-34-47-52-48(35-38)66(46-37-41(58(5,6)7)36-44(59(8,9)10)49(46)39-22-20-19-21-23-39)54-51-55(63(17,18)33-32-62(51,15)16)67-56(54)64(52)45-29-28-43-50(61(13,14)31-30-60(43,11)12)53(45)65(47)42-26-24-40(25-27-42)57(2,3)4/h19-29,34-37,51,55H,30-33H2,1-18H3. The second kappa shape index (κ2) is 14.9. The highest BCUT2D eigenvalue weighted by molar-refractivity contribution is 8.06. The lowest BCUT2D eigenvalue weighted by atomic mass is 9.35. The van der Waals surface area contributed by atoms with Crippen LogP contribution in [0.5, 0.6) is 0 Å². The minimum atomic E-state index is -0.101. The number of nitrogens with zero attached hydrogens (tertiary/aromatic N) is 2. The van der Waals surface area contributed by atoms with Crippen LogP contribution in [-0.4, -0.2) is 12.0 Å². The molecule has 2 unspecified atom stereocenters. The van der Waals surface area contributed by atoms with Crippen molar-refractivity contribution in [3.8, 4) is 11.1 Å².